The lowest BCUT2D eigenvalue weighted by atomic mass is 10.1. The average molecular weight is 379 g/mol. The van der Waals surface area contributed by atoms with Crippen LogP contribution in [0.3, 0.4) is 0 Å². The second-order valence-corrected chi connectivity index (χ2v) is 8.28. The minimum atomic E-state index is -3.43. The van der Waals surface area contributed by atoms with Crippen LogP contribution in [0.25, 0.3) is 0 Å². The highest BCUT2D eigenvalue weighted by Gasteiger charge is 2.21. The SMILES string of the molecule is CCN(CC)S(=O)(=O)c1ccc(C(C)NCc2ccc(F)c(C)c2)cc1. The molecule has 2 rings (SSSR count). The Bertz CT molecular complexity index is 831. The van der Waals surface area contributed by atoms with Crippen LogP contribution in [0.1, 0.15) is 43.5 Å². The van der Waals surface area contributed by atoms with Gasteiger partial charge in [0.1, 0.15) is 5.82 Å². The van der Waals surface area contributed by atoms with Crippen molar-refractivity contribution in [3.05, 3.63) is 65.0 Å². The molecule has 142 valence electrons. The summed E-state index contributed by atoms with van der Waals surface area (Å²) in [5, 5.41) is 3.38. The van der Waals surface area contributed by atoms with Crippen LogP contribution in [-0.4, -0.2) is 25.8 Å². The van der Waals surface area contributed by atoms with Gasteiger partial charge in [0.2, 0.25) is 10.0 Å². The second kappa shape index (κ2) is 8.75. The van der Waals surface area contributed by atoms with Gasteiger partial charge in [-0.25, -0.2) is 12.8 Å². The first kappa shape index (κ1) is 20.6. The maximum Gasteiger partial charge on any atom is 0.243 e. The number of halogens is 1. The smallest absolute Gasteiger partial charge is 0.243 e. The van der Waals surface area contributed by atoms with E-state index >= 15 is 0 Å². The van der Waals surface area contributed by atoms with Crippen molar-refractivity contribution in [1.29, 1.82) is 0 Å². The number of nitrogens with one attached hydrogen (secondary N) is 1. The summed E-state index contributed by atoms with van der Waals surface area (Å²) in [7, 11) is -3.43. The van der Waals surface area contributed by atoms with Gasteiger partial charge in [0, 0.05) is 25.7 Å². The lowest BCUT2D eigenvalue weighted by Crippen LogP contribution is -2.30. The number of benzene rings is 2. The first-order valence-corrected chi connectivity index (χ1v) is 10.3. The molecule has 2 aromatic rings. The molecule has 0 aromatic heterocycles. The van der Waals surface area contributed by atoms with Crippen LogP contribution >= 0.6 is 0 Å². The normalized spacial score (nSPS) is 13.2. The molecule has 2 aromatic carbocycles. The molecule has 0 radical (unpaired) electrons. The molecule has 0 aliphatic carbocycles. The maximum absolute atomic E-state index is 13.3. The zero-order chi connectivity index (χ0) is 19.3. The Morgan fingerprint density at radius 1 is 1.08 bits per heavy atom. The zero-order valence-electron chi connectivity index (χ0n) is 15.8. The molecule has 1 unspecified atom stereocenters. The molecule has 0 saturated carbocycles. The van der Waals surface area contributed by atoms with Crippen molar-refractivity contribution in [3.8, 4) is 0 Å². The molecule has 0 aliphatic rings. The lowest BCUT2D eigenvalue weighted by molar-refractivity contribution is 0.445. The molecule has 0 spiro atoms. The van der Waals surface area contributed by atoms with Crippen molar-refractivity contribution in [1.82, 2.24) is 9.62 Å². The Labute approximate surface area is 156 Å². The molecule has 0 bridgehead atoms. The Morgan fingerprint density at radius 2 is 1.69 bits per heavy atom. The Morgan fingerprint density at radius 3 is 2.23 bits per heavy atom. The topological polar surface area (TPSA) is 49.4 Å². The van der Waals surface area contributed by atoms with Crippen molar-refractivity contribution >= 4 is 10.0 Å². The van der Waals surface area contributed by atoms with Crippen molar-refractivity contribution in [2.45, 2.75) is 45.2 Å². The fourth-order valence-electron chi connectivity index (χ4n) is 2.85. The number of rotatable bonds is 8. The van der Waals surface area contributed by atoms with Gasteiger partial charge in [0.15, 0.2) is 0 Å². The van der Waals surface area contributed by atoms with Crippen molar-refractivity contribution in [3.63, 3.8) is 0 Å². The van der Waals surface area contributed by atoms with E-state index in [-0.39, 0.29) is 11.9 Å². The quantitative estimate of drug-likeness (QED) is 0.755. The van der Waals surface area contributed by atoms with E-state index < -0.39 is 10.0 Å². The van der Waals surface area contributed by atoms with E-state index in [1.807, 2.05) is 39.0 Å². The largest absolute Gasteiger partial charge is 0.306 e. The summed E-state index contributed by atoms with van der Waals surface area (Å²) in [6.45, 7) is 8.95. The van der Waals surface area contributed by atoms with Crippen molar-refractivity contribution < 1.29 is 12.8 Å². The van der Waals surface area contributed by atoms with E-state index in [0.29, 0.717) is 30.1 Å². The van der Waals surface area contributed by atoms with E-state index in [9.17, 15) is 12.8 Å². The highest BCUT2D eigenvalue weighted by atomic mass is 32.2. The molecule has 1 N–H and O–H groups in total. The van der Waals surface area contributed by atoms with Crippen LogP contribution in [0.5, 0.6) is 0 Å². The summed E-state index contributed by atoms with van der Waals surface area (Å²) >= 11 is 0. The van der Waals surface area contributed by atoms with Gasteiger partial charge in [-0.15, -0.1) is 0 Å². The van der Waals surface area contributed by atoms with Crippen LogP contribution in [0.2, 0.25) is 0 Å². The first-order valence-electron chi connectivity index (χ1n) is 8.88. The van der Waals surface area contributed by atoms with E-state index in [1.165, 1.54) is 10.4 Å². The average Bonchev–Trinajstić information content (AvgIpc) is 2.63. The van der Waals surface area contributed by atoms with Gasteiger partial charge >= 0.3 is 0 Å². The van der Waals surface area contributed by atoms with Gasteiger partial charge in [-0.3, -0.25) is 0 Å². The lowest BCUT2D eigenvalue weighted by Gasteiger charge is -2.19. The number of nitrogens with zero attached hydrogens (tertiary/aromatic N) is 1. The van der Waals surface area contributed by atoms with Crippen molar-refractivity contribution in [2.24, 2.45) is 0 Å². The highest BCUT2D eigenvalue weighted by Crippen LogP contribution is 2.20. The van der Waals surface area contributed by atoms with E-state index in [1.54, 1.807) is 25.1 Å². The molecule has 6 heteroatoms. The molecule has 1 atom stereocenters. The van der Waals surface area contributed by atoms with Crippen LogP contribution in [0.15, 0.2) is 47.4 Å². The molecular weight excluding hydrogens is 351 g/mol. The highest BCUT2D eigenvalue weighted by molar-refractivity contribution is 7.89. The molecule has 0 aliphatic heterocycles. The predicted molar refractivity (Wildman–Crippen MR) is 103 cm³/mol. The van der Waals surface area contributed by atoms with Crippen LogP contribution in [-0.2, 0) is 16.6 Å². The zero-order valence-corrected chi connectivity index (χ0v) is 16.6. The molecular formula is C20H27FN2O2S. The minimum Gasteiger partial charge on any atom is -0.306 e. The van der Waals surface area contributed by atoms with Crippen molar-refractivity contribution in [2.75, 3.05) is 13.1 Å². The number of aryl methyl sites for hydroxylation is 1. The minimum absolute atomic E-state index is 0.0468. The molecule has 4 nitrogen and oxygen atoms in total. The summed E-state index contributed by atoms with van der Waals surface area (Å²) in [5.74, 6) is -0.202. The summed E-state index contributed by atoms with van der Waals surface area (Å²) in [4.78, 5) is 0.311. The number of sulfonamides is 1. The van der Waals surface area contributed by atoms with E-state index in [0.717, 1.165) is 11.1 Å². The van der Waals surface area contributed by atoms with Gasteiger partial charge < -0.3 is 5.32 Å². The summed E-state index contributed by atoms with van der Waals surface area (Å²) in [6.07, 6.45) is 0. The fraction of sp³-hybridized carbons (Fsp3) is 0.400. The number of hydrogen-bond donors (Lipinski definition) is 1. The summed E-state index contributed by atoms with van der Waals surface area (Å²) in [6, 6.07) is 12.1. The summed E-state index contributed by atoms with van der Waals surface area (Å²) < 4.78 is 39.8. The molecule has 0 saturated heterocycles. The first-order chi connectivity index (χ1) is 12.3. The Hall–Kier alpha value is -1.76. The van der Waals surface area contributed by atoms with Gasteiger partial charge in [-0.05, 0) is 48.7 Å². The van der Waals surface area contributed by atoms with Gasteiger partial charge in [0.05, 0.1) is 4.90 Å². The van der Waals surface area contributed by atoms with Gasteiger partial charge in [0.25, 0.3) is 0 Å². The third-order valence-electron chi connectivity index (χ3n) is 4.56. The van der Waals surface area contributed by atoms with E-state index in [4.69, 9.17) is 0 Å². The fourth-order valence-corrected chi connectivity index (χ4v) is 4.30. The second-order valence-electron chi connectivity index (χ2n) is 6.34. The third kappa shape index (κ3) is 4.69. The molecule has 0 amide bonds. The maximum atomic E-state index is 13.3. The molecule has 26 heavy (non-hydrogen) atoms. The molecule has 0 heterocycles. The monoisotopic (exact) mass is 378 g/mol. The standard InChI is InChI=1S/C20H27FN2O2S/c1-5-23(6-2)26(24,25)19-10-8-18(9-11-19)16(4)22-14-17-7-12-20(21)15(3)13-17/h7-13,16,22H,5-6,14H2,1-4H3. The van der Waals surface area contributed by atoms with Crippen LogP contribution in [0.4, 0.5) is 4.39 Å². The van der Waals surface area contributed by atoms with Crippen LogP contribution in [0, 0.1) is 12.7 Å². The predicted octanol–water partition coefficient (Wildman–Crippen LogP) is 4.02. The van der Waals surface area contributed by atoms with Gasteiger partial charge in [-0.2, -0.15) is 4.31 Å². The van der Waals surface area contributed by atoms with Crippen LogP contribution < -0.4 is 5.32 Å². The van der Waals surface area contributed by atoms with Gasteiger partial charge in [-0.1, -0.05) is 38.1 Å². The molecule has 0 fully saturated rings. The Kier molecular flexibility index (Phi) is 6.92. The number of hydrogen-bond acceptors (Lipinski definition) is 3. The third-order valence-corrected chi connectivity index (χ3v) is 6.62. The van der Waals surface area contributed by atoms with E-state index in [2.05, 4.69) is 5.32 Å². The Balaban J connectivity index is 2.06. The summed E-state index contributed by atoms with van der Waals surface area (Å²) in [5.41, 5.74) is 2.64.